The molecule has 0 bridgehead atoms. The van der Waals surface area contributed by atoms with Gasteiger partial charge in [-0.05, 0) is 85.8 Å². The molecule has 2 aromatic carbocycles. The molecule has 2 N–H and O–H groups in total. The molecule has 0 radical (unpaired) electrons. The lowest BCUT2D eigenvalue weighted by molar-refractivity contribution is -0.125. The van der Waals surface area contributed by atoms with Crippen LogP contribution in [0.2, 0.25) is 0 Å². The van der Waals surface area contributed by atoms with E-state index in [-0.39, 0.29) is 23.7 Å². The van der Waals surface area contributed by atoms with Gasteiger partial charge in [-0.1, -0.05) is 32.1 Å². The Balaban J connectivity index is 2.54. The second-order valence-corrected chi connectivity index (χ2v) is 8.43. The van der Waals surface area contributed by atoms with Gasteiger partial charge in [0.05, 0.1) is 0 Å². The van der Waals surface area contributed by atoms with E-state index in [1.807, 2.05) is 20.9 Å². The highest BCUT2D eigenvalue weighted by molar-refractivity contribution is 5.94. The van der Waals surface area contributed by atoms with Gasteiger partial charge in [0.15, 0.2) is 0 Å². The van der Waals surface area contributed by atoms with E-state index in [1.54, 1.807) is 32.1 Å². The minimum absolute atomic E-state index is 0.178. The summed E-state index contributed by atoms with van der Waals surface area (Å²) in [5.41, 5.74) is 2.78. The summed E-state index contributed by atoms with van der Waals surface area (Å²) in [7, 11) is 1.84. The lowest BCUT2D eigenvalue weighted by atomic mass is 9.79. The van der Waals surface area contributed by atoms with Crippen molar-refractivity contribution in [2.24, 2.45) is 11.8 Å². The molecule has 1 amide bonds. The van der Waals surface area contributed by atoms with Gasteiger partial charge in [-0.25, -0.2) is 13.2 Å². The monoisotopic (exact) mass is 458 g/mol. The molecule has 2 aromatic rings. The number of hydrogen-bond donors (Lipinski definition) is 2. The number of allylic oxidation sites excluding steroid dienone is 2. The van der Waals surface area contributed by atoms with Crippen molar-refractivity contribution < 1.29 is 18.0 Å². The fourth-order valence-electron chi connectivity index (χ4n) is 3.91. The van der Waals surface area contributed by atoms with Crippen molar-refractivity contribution in [3.05, 3.63) is 83.2 Å². The van der Waals surface area contributed by atoms with Crippen molar-refractivity contribution in [1.82, 2.24) is 10.6 Å². The maximum absolute atomic E-state index is 14.5. The molecule has 0 aliphatic carbocycles. The number of carbonyl (C=O) groups excluding carboxylic acids is 1. The second-order valence-electron chi connectivity index (χ2n) is 8.43. The molecule has 0 saturated heterocycles. The number of rotatable bonds is 10. The normalized spacial score (nSPS) is 14.8. The Morgan fingerprint density at radius 2 is 1.70 bits per heavy atom. The zero-order chi connectivity index (χ0) is 24.7. The van der Waals surface area contributed by atoms with E-state index in [0.717, 1.165) is 18.2 Å². The zero-order valence-corrected chi connectivity index (χ0v) is 19.9. The van der Waals surface area contributed by atoms with Crippen molar-refractivity contribution >= 4 is 17.1 Å². The van der Waals surface area contributed by atoms with Crippen LogP contribution in [0.3, 0.4) is 0 Å². The Kier molecular flexibility index (Phi) is 9.47. The number of nitrogens with one attached hydrogen (secondary N) is 2. The number of carbonyl (C=O) groups is 1. The van der Waals surface area contributed by atoms with Crippen LogP contribution >= 0.6 is 0 Å². The number of hydrogen-bond acceptors (Lipinski definition) is 2. The summed E-state index contributed by atoms with van der Waals surface area (Å²) in [6.45, 7) is 11.6. The van der Waals surface area contributed by atoms with Crippen LogP contribution < -0.4 is 10.6 Å². The van der Waals surface area contributed by atoms with Gasteiger partial charge in [-0.2, -0.15) is 0 Å². The summed E-state index contributed by atoms with van der Waals surface area (Å²) in [6.07, 6.45) is 2.39. The number of amides is 1. The van der Waals surface area contributed by atoms with Gasteiger partial charge >= 0.3 is 0 Å². The van der Waals surface area contributed by atoms with Gasteiger partial charge in [-0.3, -0.25) is 4.79 Å². The molecule has 3 unspecified atom stereocenters. The van der Waals surface area contributed by atoms with Crippen LogP contribution in [-0.4, -0.2) is 25.5 Å². The average molecular weight is 459 g/mol. The van der Waals surface area contributed by atoms with Crippen molar-refractivity contribution in [1.29, 1.82) is 0 Å². The van der Waals surface area contributed by atoms with Gasteiger partial charge in [0.25, 0.3) is 0 Å². The Hall–Kier alpha value is -2.86. The minimum atomic E-state index is -0.694. The van der Waals surface area contributed by atoms with Gasteiger partial charge in [0.2, 0.25) is 5.91 Å². The van der Waals surface area contributed by atoms with Gasteiger partial charge in [0.1, 0.15) is 17.5 Å². The van der Waals surface area contributed by atoms with Crippen molar-refractivity contribution in [2.75, 3.05) is 13.6 Å². The summed E-state index contributed by atoms with van der Waals surface area (Å²) >= 11 is 0. The van der Waals surface area contributed by atoms with Crippen LogP contribution in [0.15, 0.2) is 49.1 Å². The molecule has 0 heterocycles. The maximum atomic E-state index is 14.5. The largest absolute Gasteiger partial charge is 0.350 e. The highest BCUT2D eigenvalue weighted by atomic mass is 19.1. The lowest BCUT2D eigenvalue weighted by Gasteiger charge is -2.28. The Bertz CT molecular complexity index is 1010. The smallest absolute Gasteiger partial charge is 0.223 e. The average Bonchev–Trinajstić information content (AvgIpc) is 2.79. The van der Waals surface area contributed by atoms with Crippen molar-refractivity contribution in [2.45, 2.75) is 40.2 Å². The predicted octanol–water partition coefficient (Wildman–Crippen LogP) is 5.90. The van der Waals surface area contributed by atoms with E-state index in [4.69, 9.17) is 0 Å². The Morgan fingerprint density at radius 1 is 1.06 bits per heavy atom. The summed E-state index contributed by atoms with van der Waals surface area (Å²) < 4.78 is 42.2. The molecular formula is C27H33F3N2O. The molecule has 33 heavy (non-hydrogen) atoms. The van der Waals surface area contributed by atoms with Crippen LogP contribution in [0, 0.1) is 36.2 Å². The van der Waals surface area contributed by atoms with Crippen LogP contribution in [-0.2, 0) is 4.79 Å². The van der Waals surface area contributed by atoms with E-state index < -0.39 is 17.6 Å². The van der Waals surface area contributed by atoms with E-state index in [0.29, 0.717) is 28.7 Å². The third-order valence-electron chi connectivity index (χ3n) is 6.22. The van der Waals surface area contributed by atoms with E-state index in [1.165, 1.54) is 18.2 Å². The number of benzene rings is 2. The molecule has 2 rings (SSSR count). The molecule has 0 saturated carbocycles. The molecule has 3 atom stereocenters. The van der Waals surface area contributed by atoms with Crippen molar-refractivity contribution in [3.8, 4) is 0 Å². The van der Waals surface area contributed by atoms with Crippen LogP contribution in [0.5, 0.6) is 0 Å². The summed E-state index contributed by atoms with van der Waals surface area (Å²) in [5, 5.41) is 6.04. The molecule has 0 aliphatic rings. The Morgan fingerprint density at radius 3 is 2.27 bits per heavy atom. The molecule has 3 nitrogen and oxygen atoms in total. The fourth-order valence-corrected chi connectivity index (χ4v) is 3.91. The lowest BCUT2D eigenvalue weighted by Crippen LogP contribution is -2.40. The SMILES string of the molecule is C=CC(CCNC)NC(=O)C(C)C(C)/C(=C(/C)c1ccc(F)cc1)c1cc(F)cc(F)c1C. The molecular weight excluding hydrogens is 425 g/mol. The van der Waals surface area contributed by atoms with Crippen LogP contribution in [0.1, 0.15) is 43.9 Å². The van der Waals surface area contributed by atoms with E-state index in [9.17, 15) is 18.0 Å². The summed E-state index contributed by atoms with van der Waals surface area (Å²) in [6, 6.07) is 7.87. The fraction of sp³-hybridized carbons (Fsp3) is 0.370. The van der Waals surface area contributed by atoms with E-state index >= 15 is 0 Å². The first-order chi connectivity index (χ1) is 15.6. The predicted molar refractivity (Wildman–Crippen MR) is 129 cm³/mol. The van der Waals surface area contributed by atoms with Crippen LogP contribution in [0.4, 0.5) is 13.2 Å². The first-order valence-corrected chi connectivity index (χ1v) is 11.1. The van der Waals surface area contributed by atoms with E-state index in [2.05, 4.69) is 17.2 Å². The number of halogens is 3. The highest BCUT2D eigenvalue weighted by Crippen LogP contribution is 2.38. The van der Waals surface area contributed by atoms with Gasteiger partial charge in [-0.15, -0.1) is 6.58 Å². The van der Waals surface area contributed by atoms with Crippen LogP contribution in [0.25, 0.3) is 11.1 Å². The molecule has 0 spiro atoms. The molecule has 0 fully saturated rings. The van der Waals surface area contributed by atoms with Crippen molar-refractivity contribution in [3.63, 3.8) is 0 Å². The maximum Gasteiger partial charge on any atom is 0.223 e. The molecule has 0 aromatic heterocycles. The summed E-state index contributed by atoms with van der Waals surface area (Å²) in [5.74, 6) is -2.79. The Labute approximate surface area is 194 Å². The molecule has 6 heteroatoms. The quantitative estimate of drug-likeness (QED) is 0.344. The third-order valence-corrected chi connectivity index (χ3v) is 6.22. The standard InChI is InChI=1S/C27H33F3N2O/c1-7-23(12-13-31-6)32-27(33)17(3)16(2)26(18(4)20-8-10-21(28)11-9-20)24-14-22(29)15-25(30)19(24)5/h7-11,14-17,23,31H,1,12-13H2,2-6H3,(H,32,33)/b26-18+. The highest BCUT2D eigenvalue weighted by Gasteiger charge is 2.28. The second kappa shape index (κ2) is 11.8. The third kappa shape index (κ3) is 6.57. The minimum Gasteiger partial charge on any atom is -0.350 e. The van der Waals surface area contributed by atoms with Gasteiger partial charge in [0, 0.05) is 18.0 Å². The van der Waals surface area contributed by atoms with Gasteiger partial charge < -0.3 is 10.6 Å². The molecule has 178 valence electrons. The summed E-state index contributed by atoms with van der Waals surface area (Å²) in [4.78, 5) is 13.1. The zero-order valence-electron chi connectivity index (χ0n) is 19.9. The topological polar surface area (TPSA) is 41.1 Å². The molecule has 0 aliphatic heterocycles. The first-order valence-electron chi connectivity index (χ1n) is 11.1. The first kappa shape index (κ1) is 26.4.